The van der Waals surface area contributed by atoms with E-state index in [-0.39, 0.29) is 0 Å². The Morgan fingerprint density at radius 2 is 2.28 bits per heavy atom. The van der Waals surface area contributed by atoms with Gasteiger partial charge in [-0.15, -0.1) is 0 Å². The largest absolute Gasteiger partial charge is 0.497 e. The SMILES string of the molecule is COc1cc(Br)cc(NCCCn2ccnc2)c1. The maximum Gasteiger partial charge on any atom is 0.122 e. The highest BCUT2D eigenvalue weighted by molar-refractivity contribution is 9.10. The van der Waals surface area contributed by atoms with Crippen LogP contribution in [0.5, 0.6) is 5.75 Å². The zero-order chi connectivity index (χ0) is 12.8. The molecule has 0 unspecified atom stereocenters. The number of rotatable bonds is 6. The van der Waals surface area contributed by atoms with Crippen LogP contribution in [0.4, 0.5) is 5.69 Å². The van der Waals surface area contributed by atoms with Crippen molar-refractivity contribution in [1.82, 2.24) is 9.55 Å². The quantitative estimate of drug-likeness (QED) is 0.833. The van der Waals surface area contributed by atoms with E-state index in [9.17, 15) is 0 Å². The second kappa shape index (κ2) is 6.44. The van der Waals surface area contributed by atoms with Crippen LogP contribution < -0.4 is 10.1 Å². The molecule has 2 rings (SSSR count). The van der Waals surface area contributed by atoms with E-state index in [0.29, 0.717) is 0 Å². The number of hydrogen-bond donors (Lipinski definition) is 1. The van der Waals surface area contributed by atoms with E-state index in [1.165, 1.54) is 0 Å². The van der Waals surface area contributed by atoms with Gasteiger partial charge >= 0.3 is 0 Å². The molecule has 0 aliphatic heterocycles. The van der Waals surface area contributed by atoms with Crippen molar-refractivity contribution in [1.29, 1.82) is 0 Å². The molecule has 5 heteroatoms. The zero-order valence-corrected chi connectivity index (χ0v) is 11.9. The molecule has 1 N–H and O–H groups in total. The van der Waals surface area contributed by atoms with E-state index in [1.807, 2.05) is 30.7 Å². The first-order chi connectivity index (χ1) is 8.78. The van der Waals surface area contributed by atoms with Crippen LogP contribution in [0, 0.1) is 0 Å². The van der Waals surface area contributed by atoms with Crippen molar-refractivity contribution in [2.45, 2.75) is 13.0 Å². The summed E-state index contributed by atoms with van der Waals surface area (Å²) in [5.74, 6) is 0.849. The van der Waals surface area contributed by atoms with Gasteiger partial charge in [0, 0.05) is 41.7 Å². The first-order valence-corrected chi connectivity index (χ1v) is 6.61. The van der Waals surface area contributed by atoms with Crippen LogP contribution in [-0.4, -0.2) is 23.2 Å². The highest BCUT2D eigenvalue weighted by Gasteiger charge is 1.99. The van der Waals surface area contributed by atoms with Crippen LogP contribution in [-0.2, 0) is 6.54 Å². The van der Waals surface area contributed by atoms with Crippen molar-refractivity contribution < 1.29 is 4.74 Å². The molecule has 0 spiro atoms. The number of aryl methyl sites for hydroxylation is 1. The predicted octanol–water partition coefficient (Wildman–Crippen LogP) is 3.16. The lowest BCUT2D eigenvalue weighted by Gasteiger charge is -2.09. The molecule has 0 saturated carbocycles. The molecule has 1 aromatic heterocycles. The van der Waals surface area contributed by atoms with Gasteiger partial charge < -0.3 is 14.6 Å². The lowest BCUT2D eigenvalue weighted by atomic mass is 10.3. The number of halogens is 1. The van der Waals surface area contributed by atoms with E-state index in [0.717, 1.165) is 35.4 Å². The Kier molecular flexibility index (Phi) is 4.64. The van der Waals surface area contributed by atoms with Gasteiger partial charge in [0.15, 0.2) is 0 Å². The summed E-state index contributed by atoms with van der Waals surface area (Å²) in [5.41, 5.74) is 1.06. The van der Waals surface area contributed by atoms with Crippen molar-refractivity contribution >= 4 is 21.6 Å². The fourth-order valence-corrected chi connectivity index (χ4v) is 2.17. The molecule has 0 aliphatic rings. The molecule has 18 heavy (non-hydrogen) atoms. The number of nitrogens with one attached hydrogen (secondary N) is 1. The van der Waals surface area contributed by atoms with Gasteiger partial charge in [-0.25, -0.2) is 4.98 Å². The zero-order valence-electron chi connectivity index (χ0n) is 10.3. The first-order valence-electron chi connectivity index (χ1n) is 5.82. The molecule has 0 saturated heterocycles. The maximum atomic E-state index is 5.22. The number of benzene rings is 1. The standard InChI is InChI=1S/C13H16BrN3O/c1-18-13-8-11(14)7-12(9-13)16-3-2-5-17-6-4-15-10-17/h4,6-10,16H,2-3,5H2,1H3. The molecule has 0 atom stereocenters. The third kappa shape index (κ3) is 3.77. The number of anilines is 1. The van der Waals surface area contributed by atoms with Crippen LogP contribution in [0.15, 0.2) is 41.4 Å². The van der Waals surface area contributed by atoms with E-state index in [4.69, 9.17) is 4.74 Å². The molecule has 4 nitrogen and oxygen atoms in total. The number of ether oxygens (including phenoxy) is 1. The molecule has 0 bridgehead atoms. The highest BCUT2D eigenvalue weighted by Crippen LogP contribution is 2.24. The van der Waals surface area contributed by atoms with E-state index < -0.39 is 0 Å². The van der Waals surface area contributed by atoms with Gasteiger partial charge in [0.1, 0.15) is 5.75 Å². The smallest absolute Gasteiger partial charge is 0.122 e. The molecule has 0 aliphatic carbocycles. The third-order valence-corrected chi connectivity index (χ3v) is 3.05. The van der Waals surface area contributed by atoms with Crippen molar-refractivity contribution in [3.8, 4) is 5.75 Å². The number of nitrogens with zero attached hydrogens (tertiary/aromatic N) is 2. The molecule has 0 radical (unpaired) electrons. The average molecular weight is 310 g/mol. The second-order valence-corrected chi connectivity index (χ2v) is 4.88. The fourth-order valence-electron chi connectivity index (χ4n) is 1.70. The van der Waals surface area contributed by atoms with Crippen LogP contribution >= 0.6 is 15.9 Å². The van der Waals surface area contributed by atoms with Gasteiger partial charge in [-0.05, 0) is 18.6 Å². The Morgan fingerprint density at radius 3 is 3.00 bits per heavy atom. The second-order valence-electron chi connectivity index (χ2n) is 3.96. The number of aromatic nitrogens is 2. The molecule has 2 aromatic rings. The summed E-state index contributed by atoms with van der Waals surface area (Å²) in [6.45, 7) is 1.88. The monoisotopic (exact) mass is 309 g/mol. The lowest BCUT2D eigenvalue weighted by molar-refractivity contribution is 0.414. The van der Waals surface area contributed by atoms with Gasteiger partial charge in [-0.1, -0.05) is 15.9 Å². The molecular weight excluding hydrogens is 294 g/mol. The van der Waals surface area contributed by atoms with Gasteiger partial charge in [0.05, 0.1) is 13.4 Å². The van der Waals surface area contributed by atoms with Crippen molar-refractivity contribution in [3.63, 3.8) is 0 Å². The summed E-state index contributed by atoms with van der Waals surface area (Å²) < 4.78 is 8.30. The molecule has 0 fully saturated rings. The minimum atomic E-state index is 0.849. The van der Waals surface area contributed by atoms with E-state index in [2.05, 4.69) is 30.8 Å². The Morgan fingerprint density at radius 1 is 1.39 bits per heavy atom. The predicted molar refractivity (Wildman–Crippen MR) is 76.0 cm³/mol. The summed E-state index contributed by atoms with van der Waals surface area (Å²) in [6, 6.07) is 5.97. The number of hydrogen-bond acceptors (Lipinski definition) is 3. The van der Waals surface area contributed by atoms with Gasteiger partial charge in [0.2, 0.25) is 0 Å². The number of imidazole rings is 1. The molecule has 1 heterocycles. The van der Waals surface area contributed by atoms with Crippen molar-refractivity contribution in [2.24, 2.45) is 0 Å². The summed E-state index contributed by atoms with van der Waals surface area (Å²) in [5, 5.41) is 3.38. The summed E-state index contributed by atoms with van der Waals surface area (Å²) in [7, 11) is 1.67. The normalized spacial score (nSPS) is 10.3. The first kappa shape index (κ1) is 13.0. The molecular formula is C13H16BrN3O. The lowest BCUT2D eigenvalue weighted by Crippen LogP contribution is -2.05. The van der Waals surface area contributed by atoms with Gasteiger partial charge in [-0.3, -0.25) is 0 Å². The fraction of sp³-hybridized carbons (Fsp3) is 0.308. The number of methoxy groups -OCH3 is 1. The van der Waals surface area contributed by atoms with Crippen LogP contribution in [0.2, 0.25) is 0 Å². The highest BCUT2D eigenvalue weighted by atomic mass is 79.9. The summed E-state index contributed by atoms with van der Waals surface area (Å²) >= 11 is 3.46. The third-order valence-electron chi connectivity index (χ3n) is 2.59. The van der Waals surface area contributed by atoms with Crippen molar-refractivity contribution in [3.05, 3.63) is 41.4 Å². The Labute approximate surface area is 115 Å². The van der Waals surface area contributed by atoms with E-state index in [1.54, 1.807) is 13.3 Å². The van der Waals surface area contributed by atoms with Gasteiger partial charge in [0.25, 0.3) is 0 Å². The minimum absolute atomic E-state index is 0.849. The van der Waals surface area contributed by atoms with Gasteiger partial charge in [-0.2, -0.15) is 0 Å². The average Bonchev–Trinajstić information content (AvgIpc) is 2.87. The Bertz CT molecular complexity index is 485. The minimum Gasteiger partial charge on any atom is -0.497 e. The Hall–Kier alpha value is -1.49. The maximum absolute atomic E-state index is 5.22. The summed E-state index contributed by atoms with van der Waals surface area (Å²) in [6.07, 6.45) is 6.65. The molecule has 0 amide bonds. The van der Waals surface area contributed by atoms with E-state index >= 15 is 0 Å². The Balaban J connectivity index is 1.81. The molecule has 1 aromatic carbocycles. The van der Waals surface area contributed by atoms with Crippen molar-refractivity contribution in [2.75, 3.05) is 19.0 Å². The summed E-state index contributed by atoms with van der Waals surface area (Å²) in [4.78, 5) is 4.01. The van der Waals surface area contributed by atoms with Crippen LogP contribution in [0.1, 0.15) is 6.42 Å². The van der Waals surface area contributed by atoms with Crippen LogP contribution in [0.3, 0.4) is 0 Å². The topological polar surface area (TPSA) is 39.1 Å². The molecule has 96 valence electrons. The van der Waals surface area contributed by atoms with Crippen LogP contribution in [0.25, 0.3) is 0 Å².